The lowest BCUT2D eigenvalue weighted by Crippen LogP contribution is -2.61. The number of ether oxygens (including phenoxy) is 6. The van der Waals surface area contributed by atoms with Gasteiger partial charge in [0.1, 0.15) is 55.4 Å². The number of aliphatic hydroxyl groups is 7. The van der Waals surface area contributed by atoms with E-state index in [4.69, 9.17) is 28.4 Å². The van der Waals surface area contributed by atoms with Crippen LogP contribution in [0, 0.1) is 0 Å². The van der Waals surface area contributed by atoms with Crippen LogP contribution < -0.4 is 0 Å². The van der Waals surface area contributed by atoms with Crippen LogP contribution in [0.1, 0.15) is 181 Å². The summed E-state index contributed by atoms with van der Waals surface area (Å²) in [6, 6.07) is 0. The molecule has 0 aromatic heterocycles. The zero-order valence-electron chi connectivity index (χ0n) is 43.9. The van der Waals surface area contributed by atoms with Gasteiger partial charge < -0.3 is 64.2 Å². The van der Waals surface area contributed by atoms with Crippen molar-refractivity contribution in [3.8, 4) is 0 Å². The molecule has 2 saturated heterocycles. The zero-order chi connectivity index (χ0) is 52.4. The van der Waals surface area contributed by atoms with Crippen LogP contribution in [0.15, 0.2) is 72.9 Å². The molecular weight excluding hydrogens is 925 g/mol. The highest BCUT2D eigenvalue weighted by molar-refractivity contribution is 5.70. The Morgan fingerprint density at radius 2 is 0.861 bits per heavy atom. The van der Waals surface area contributed by atoms with Gasteiger partial charge in [-0.25, -0.2) is 0 Å². The molecule has 0 spiro atoms. The number of unbranched alkanes of at least 4 members (excludes halogenated alkanes) is 16. The van der Waals surface area contributed by atoms with E-state index in [1.54, 1.807) is 0 Å². The van der Waals surface area contributed by atoms with Crippen molar-refractivity contribution < 1.29 is 73.8 Å². The second kappa shape index (κ2) is 43.2. The first-order valence-corrected chi connectivity index (χ1v) is 27.5. The summed E-state index contributed by atoms with van der Waals surface area (Å²) in [4.78, 5) is 25.8. The molecule has 0 aromatic rings. The van der Waals surface area contributed by atoms with Crippen molar-refractivity contribution in [1.82, 2.24) is 0 Å². The predicted molar refractivity (Wildman–Crippen MR) is 279 cm³/mol. The molecule has 11 atom stereocenters. The Balaban J connectivity index is 1.82. The second-order valence-electron chi connectivity index (χ2n) is 19.0. The Bertz CT molecular complexity index is 1530. The fraction of sp³-hybridized carbons (Fsp3) is 0.754. The molecule has 15 nitrogen and oxygen atoms in total. The predicted octanol–water partition coefficient (Wildman–Crippen LogP) is 8.60. The van der Waals surface area contributed by atoms with Crippen molar-refractivity contribution in [2.24, 2.45) is 0 Å². The average molecular weight is 1020 g/mol. The van der Waals surface area contributed by atoms with Gasteiger partial charge in [-0.05, 0) is 77.0 Å². The van der Waals surface area contributed by atoms with Crippen molar-refractivity contribution in [2.75, 3.05) is 26.4 Å². The third-order valence-electron chi connectivity index (χ3n) is 12.7. The number of carbonyl (C=O) groups excluding carboxylic acids is 2. The average Bonchev–Trinajstić information content (AvgIpc) is 3.37. The summed E-state index contributed by atoms with van der Waals surface area (Å²) in [6.45, 7) is 2.48. The first kappa shape index (κ1) is 65.1. The van der Waals surface area contributed by atoms with E-state index < -0.39 is 99.3 Å². The molecule has 72 heavy (non-hydrogen) atoms. The maximum atomic E-state index is 13.0. The molecule has 0 radical (unpaired) electrons. The lowest BCUT2D eigenvalue weighted by molar-refractivity contribution is -0.332. The van der Waals surface area contributed by atoms with Crippen LogP contribution in [0.4, 0.5) is 0 Å². The molecule has 0 aliphatic carbocycles. The summed E-state index contributed by atoms with van der Waals surface area (Å²) in [5.41, 5.74) is 0. The standard InChI is InChI=1S/C57H96O15/c1-3-5-7-9-11-13-15-17-19-21-22-24-25-27-29-31-33-35-37-39-48(59)67-42-45(70-49(60)40-38-36-34-32-30-28-26-23-20-18-16-14-12-10-8-6-4-2)43-68-56-55(66)53(64)51(62)47(72-56)44-69-57-54(65)52(63)50(61)46(41-58)71-57/h11,13,17-20,22,24,27,29,33,35,45-47,50-58,61-66H,3-10,12,14-16,21,23,25-26,28,30-32,34,36-44H2,1-2H3/b13-11+,19-17+,20-18+,24-22+,29-27+,35-33+/t45-,46+,47+,50-,51-,52?,53?,54?,55?,56+,57+/m0/s1. The first-order chi connectivity index (χ1) is 35.0. The minimum Gasteiger partial charge on any atom is -0.462 e. The van der Waals surface area contributed by atoms with Crippen LogP contribution in [0.3, 0.4) is 0 Å². The molecule has 0 amide bonds. The molecule has 15 heteroatoms. The van der Waals surface area contributed by atoms with Crippen LogP contribution >= 0.6 is 0 Å². The Morgan fingerprint density at radius 1 is 0.444 bits per heavy atom. The molecule has 7 N–H and O–H groups in total. The number of allylic oxidation sites excluding steroid dienone is 12. The Labute approximate surface area is 432 Å². The van der Waals surface area contributed by atoms with Gasteiger partial charge in [-0.2, -0.15) is 0 Å². The normalized spacial score (nSPS) is 25.6. The van der Waals surface area contributed by atoms with Crippen LogP contribution in [0.5, 0.6) is 0 Å². The van der Waals surface area contributed by atoms with Gasteiger partial charge in [-0.15, -0.1) is 0 Å². The highest BCUT2D eigenvalue weighted by Gasteiger charge is 2.47. The molecule has 2 heterocycles. The first-order valence-electron chi connectivity index (χ1n) is 27.5. The van der Waals surface area contributed by atoms with E-state index in [9.17, 15) is 45.3 Å². The number of aliphatic hydroxyl groups excluding tert-OH is 7. The van der Waals surface area contributed by atoms with Gasteiger partial charge in [-0.1, -0.05) is 164 Å². The molecule has 2 aliphatic rings. The van der Waals surface area contributed by atoms with E-state index in [1.165, 1.54) is 77.0 Å². The molecule has 414 valence electrons. The van der Waals surface area contributed by atoms with Gasteiger partial charge in [0, 0.05) is 12.8 Å². The molecule has 4 unspecified atom stereocenters. The minimum absolute atomic E-state index is 0.0905. The molecular formula is C57H96O15. The fourth-order valence-corrected chi connectivity index (χ4v) is 8.13. The van der Waals surface area contributed by atoms with Gasteiger partial charge in [0.15, 0.2) is 18.7 Å². The lowest BCUT2D eigenvalue weighted by Gasteiger charge is -2.42. The van der Waals surface area contributed by atoms with Gasteiger partial charge in [0.25, 0.3) is 0 Å². The quantitative estimate of drug-likeness (QED) is 0.0172. The molecule has 0 bridgehead atoms. The van der Waals surface area contributed by atoms with E-state index in [-0.39, 0.29) is 19.4 Å². The SMILES string of the molecule is CCCCC/C=C/C/C=C/C/C=C/C/C=C/C/C=C/CCC(=O)OC[C@@H](CO[C@@H]1O[C@H](CO[C@@H]2O[C@H](CO)[C@H](O)C(O)C2O)[C@H](O)C(O)C1O)OC(=O)CCCCCCCCC/C=C/CCCCCCCC. The molecule has 0 aromatic carbocycles. The highest BCUT2D eigenvalue weighted by atomic mass is 16.7. The van der Waals surface area contributed by atoms with Crippen LogP contribution in [0.25, 0.3) is 0 Å². The molecule has 2 rings (SSSR count). The summed E-state index contributed by atoms with van der Waals surface area (Å²) < 4.78 is 33.5. The molecule has 0 saturated carbocycles. The smallest absolute Gasteiger partial charge is 0.306 e. The van der Waals surface area contributed by atoms with Crippen molar-refractivity contribution in [3.63, 3.8) is 0 Å². The summed E-state index contributed by atoms with van der Waals surface area (Å²) in [5.74, 6) is -1.03. The van der Waals surface area contributed by atoms with Crippen molar-refractivity contribution in [1.29, 1.82) is 0 Å². The monoisotopic (exact) mass is 1020 g/mol. The minimum atomic E-state index is -1.78. The zero-order valence-corrected chi connectivity index (χ0v) is 43.9. The van der Waals surface area contributed by atoms with Gasteiger partial charge in [-0.3, -0.25) is 9.59 Å². The summed E-state index contributed by atoms with van der Waals surface area (Å²) in [5, 5.41) is 72.2. The second-order valence-corrected chi connectivity index (χ2v) is 19.0. The highest BCUT2D eigenvalue weighted by Crippen LogP contribution is 2.26. The topological polar surface area (TPSA) is 231 Å². The maximum Gasteiger partial charge on any atom is 0.306 e. The van der Waals surface area contributed by atoms with E-state index in [0.29, 0.717) is 12.8 Å². The van der Waals surface area contributed by atoms with Crippen molar-refractivity contribution in [2.45, 2.75) is 248 Å². The number of hydrogen-bond donors (Lipinski definition) is 7. The Morgan fingerprint density at radius 3 is 1.40 bits per heavy atom. The largest absolute Gasteiger partial charge is 0.462 e. The third kappa shape index (κ3) is 30.3. The Kier molecular flexibility index (Phi) is 39.0. The van der Waals surface area contributed by atoms with E-state index >= 15 is 0 Å². The number of esters is 2. The molecule has 2 fully saturated rings. The maximum absolute atomic E-state index is 13.0. The van der Waals surface area contributed by atoms with E-state index in [0.717, 1.165) is 64.2 Å². The van der Waals surface area contributed by atoms with Crippen LogP contribution in [0.2, 0.25) is 0 Å². The van der Waals surface area contributed by atoms with Crippen molar-refractivity contribution in [3.05, 3.63) is 72.9 Å². The van der Waals surface area contributed by atoms with Crippen LogP contribution in [-0.4, -0.2) is 142 Å². The molecule has 2 aliphatic heterocycles. The van der Waals surface area contributed by atoms with E-state index in [1.807, 2.05) is 12.2 Å². The number of carbonyl (C=O) groups is 2. The number of rotatable bonds is 42. The fourth-order valence-electron chi connectivity index (χ4n) is 8.13. The van der Waals surface area contributed by atoms with E-state index in [2.05, 4.69) is 74.6 Å². The Hall–Kier alpha value is -3.06. The van der Waals surface area contributed by atoms with Gasteiger partial charge in [0.2, 0.25) is 0 Å². The lowest BCUT2D eigenvalue weighted by atomic mass is 9.98. The summed E-state index contributed by atoms with van der Waals surface area (Å²) in [7, 11) is 0. The number of hydrogen-bond acceptors (Lipinski definition) is 15. The van der Waals surface area contributed by atoms with Gasteiger partial charge >= 0.3 is 11.9 Å². The summed E-state index contributed by atoms with van der Waals surface area (Å²) >= 11 is 0. The van der Waals surface area contributed by atoms with Crippen LogP contribution in [-0.2, 0) is 38.0 Å². The summed E-state index contributed by atoms with van der Waals surface area (Å²) in [6.07, 6.45) is 35.0. The third-order valence-corrected chi connectivity index (χ3v) is 12.7. The van der Waals surface area contributed by atoms with Crippen molar-refractivity contribution >= 4 is 11.9 Å². The van der Waals surface area contributed by atoms with Gasteiger partial charge in [0.05, 0.1) is 19.8 Å².